The van der Waals surface area contributed by atoms with Crippen LogP contribution in [0.25, 0.3) is 0 Å². The van der Waals surface area contributed by atoms with E-state index in [9.17, 15) is 4.79 Å². The number of aromatic nitrogens is 2. The number of aliphatic hydroxyl groups excluding tert-OH is 1. The molecule has 1 rings (SSSR count). The molecule has 1 aromatic rings. The van der Waals surface area contributed by atoms with Crippen LogP contribution in [0.1, 0.15) is 6.92 Å². The predicted octanol–water partition coefficient (Wildman–Crippen LogP) is 0.253. The Labute approximate surface area is 111 Å². The number of halogens is 1. The van der Waals surface area contributed by atoms with Crippen molar-refractivity contribution in [3.63, 3.8) is 0 Å². The first-order chi connectivity index (χ1) is 8.60. The molecule has 0 fully saturated rings. The molecule has 0 aliphatic rings. The lowest BCUT2D eigenvalue weighted by molar-refractivity contribution is 0.266. The number of hydrogen-bond acceptors (Lipinski definition) is 5. The summed E-state index contributed by atoms with van der Waals surface area (Å²) < 4.78 is 1.14. The summed E-state index contributed by atoms with van der Waals surface area (Å²) in [5, 5.41) is 15.9. The third kappa shape index (κ3) is 3.97. The smallest absolute Gasteiger partial charge is 0.287 e. The average molecular weight is 275 g/mol. The molecule has 0 unspecified atom stereocenters. The van der Waals surface area contributed by atoms with Crippen LogP contribution in [0.2, 0.25) is 5.02 Å². The van der Waals surface area contributed by atoms with Crippen LogP contribution in [-0.2, 0) is 6.54 Å². The van der Waals surface area contributed by atoms with Gasteiger partial charge in [-0.3, -0.25) is 4.79 Å². The van der Waals surface area contributed by atoms with E-state index < -0.39 is 0 Å². The predicted molar refractivity (Wildman–Crippen MR) is 72.3 cm³/mol. The van der Waals surface area contributed by atoms with Crippen molar-refractivity contribution in [3.8, 4) is 0 Å². The molecule has 2 N–H and O–H groups in total. The van der Waals surface area contributed by atoms with Gasteiger partial charge in [0.2, 0.25) is 0 Å². The molecule has 6 nitrogen and oxygen atoms in total. The fraction of sp³-hybridized carbons (Fsp3) is 0.636. The highest BCUT2D eigenvalue weighted by Gasteiger charge is 2.08. The molecular formula is C11H19ClN4O2. The first kappa shape index (κ1) is 14.9. The summed E-state index contributed by atoms with van der Waals surface area (Å²) in [5.74, 6) is 0. The van der Waals surface area contributed by atoms with E-state index in [0.29, 0.717) is 12.2 Å². The van der Waals surface area contributed by atoms with Crippen molar-refractivity contribution in [2.75, 3.05) is 38.6 Å². The maximum atomic E-state index is 11.7. The summed E-state index contributed by atoms with van der Waals surface area (Å²) in [6.45, 7) is 4.59. The first-order valence-electron chi connectivity index (χ1n) is 5.89. The molecule has 0 aliphatic carbocycles. The van der Waals surface area contributed by atoms with Gasteiger partial charge in [-0.15, -0.1) is 0 Å². The van der Waals surface area contributed by atoms with Gasteiger partial charge in [-0.25, -0.2) is 4.68 Å². The summed E-state index contributed by atoms with van der Waals surface area (Å²) in [5.41, 5.74) is 0.139. The molecule has 1 heterocycles. The fourth-order valence-electron chi connectivity index (χ4n) is 1.38. The van der Waals surface area contributed by atoms with Crippen molar-refractivity contribution in [1.29, 1.82) is 0 Å². The molecule has 0 aromatic carbocycles. The van der Waals surface area contributed by atoms with E-state index in [1.165, 1.54) is 6.20 Å². The van der Waals surface area contributed by atoms with E-state index in [2.05, 4.69) is 22.2 Å². The van der Waals surface area contributed by atoms with Crippen molar-refractivity contribution in [1.82, 2.24) is 14.7 Å². The van der Waals surface area contributed by atoms with Crippen LogP contribution in [0, 0.1) is 0 Å². The number of aliphatic hydroxyl groups is 1. The standard InChI is InChI=1S/C11H19ClN4O2/c1-3-15(2)5-4-13-9-8-14-16(6-7-17)11(18)10(9)12/h8,13,17H,3-7H2,1-2H3. The van der Waals surface area contributed by atoms with Gasteiger partial charge < -0.3 is 15.3 Å². The molecule has 0 amide bonds. The number of hydrogen-bond donors (Lipinski definition) is 2. The summed E-state index contributed by atoms with van der Waals surface area (Å²) >= 11 is 5.95. The van der Waals surface area contributed by atoms with Crippen molar-refractivity contribution >= 4 is 17.3 Å². The van der Waals surface area contributed by atoms with Crippen LogP contribution in [0.4, 0.5) is 5.69 Å². The minimum Gasteiger partial charge on any atom is -0.394 e. The number of nitrogens with zero attached hydrogens (tertiary/aromatic N) is 3. The van der Waals surface area contributed by atoms with Crippen molar-refractivity contribution in [3.05, 3.63) is 21.6 Å². The van der Waals surface area contributed by atoms with Gasteiger partial charge in [-0.2, -0.15) is 5.10 Å². The Morgan fingerprint density at radius 3 is 2.94 bits per heavy atom. The largest absolute Gasteiger partial charge is 0.394 e. The number of anilines is 1. The zero-order chi connectivity index (χ0) is 13.5. The molecule has 0 saturated carbocycles. The van der Waals surface area contributed by atoms with Crippen molar-refractivity contribution < 1.29 is 5.11 Å². The molecule has 102 valence electrons. The zero-order valence-corrected chi connectivity index (χ0v) is 11.4. The lowest BCUT2D eigenvalue weighted by Gasteiger charge is -2.15. The van der Waals surface area contributed by atoms with E-state index >= 15 is 0 Å². The second-order valence-electron chi connectivity index (χ2n) is 3.95. The highest BCUT2D eigenvalue weighted by Crippen LogP contribution is 2.14. The van der Waals surface area contributed by atoms with E-state index in [1.807, 2.05) is 7.05 Å². The Morgan fingerprint density at radius 1 is 1.61 bits per heavy atom. The zero-order valence-electron chi connectivity index (χ0n) is 10.7. The van der Waals surface area contributed by atoms with Gasteiger partial charge in [0.15, 0.2) is 0 Å². The van der Waals surface area contributed by atoms with Crippen LogP contribution < -0.4 is 10.9 Å². The van der Waals surface area contributed by atoms with Gasteiger partial charge in [0.25, 0.3) is 5.56 Å². The SMILES string of the molecule is CCN(C)CCNc1cnn(CCO)c(=O)c1Cl. The molecule has 7 heteroatoms. The lowest BCUT2D eigenvalue weighted by Crippen LogP contribution is -2.28. The van der Waals surface area contributed by atoms with Gasteiger partial charge in [0, 0.05) is 13.1 Å². The summed E-state index contributed by atoms with van der Waals surface area (Å²) in [6.07, 6.45) is 1.51. The molecule has 0 saturated heterocycles. The molecule has 1 aromatic heterocycles. The Bertz CT molecular complexity index is 436. The van der Waals surface area contributed by atoms with Gasteiger partial charge in [-0.1, -0.05) is 18.5 Å². The van der Waals surface area contributed by atoms with E-state index in [1.54, 1.807) is 0 Å². The molecule has 0 aliphatic heterocycles. The average Bonchev–Trinajstić information content (AvgIpc) is 2.37. The maximum Gasteiger partial charge on any atom is 0.287 e. The van der Waals surface area contributed by atoms with E-state index in [0.717, 1.165) is 17.8 Å². The maximum absolute atomic E-state index is 11.7. The molecule has 0 spiro atoms. The molecule has 0 atom stereocenters. The number of nitrogens with one attached hydrogen (secondary N) is 1. The Balaban J connectivity index is 2.68. The van der Waals surface area contributed by atoms with Gasteiger partial charge in [0.05, 0.1) is 25.0 Å². The lowest BCUT2D eigenvalue weighted by atomic mass is 10.4. The third-order valence-corrected chi connectivity index (χ3v) is 3.01. The summed E-state index contributed by atoms with van der Waals surface area (Å²) in [6, 6.07) is 0. The summed E-state index contributed by atoms with van der Waals surface area (Å²) in [7, 11) is 2.01. The fourth-order valence-corrected chi connectivity index (χ4v) is 1.60. The molecular weight excluding hydrogens is 256 g/mol. The second-order valence-corrected chi connectivity index (χ2v) is 4.32. The third-order valence-electron chi connectivity index (χ3n) is 2.65. The monoisotopic (exact) mass is 274 g/mol. The number of rotatable bonds is 7. The van der Waals surface area contributed by atoms with Gasteiger partial charge in [-0.05, 0) is 13.6 Å². The van der Waals surface area contributed by atoms with Crippen LogP contribution in [0.3, 0.4) is 0 Å². The van der Waals surface area contributed by atoms with Crippen molar-refractivity contribution in [2.45, 2.75) is 13.5 Å². The summed E-state index contributed by atoms with van der Waals surface area (Å²) in [4.78, 5) is 13.9. The normalized spacial score (nSPS) is 10.9. The molecule has 18 heavy (non-hydrogen) atoms. The quantitative estimate of drug-likeness (QED) is 0.746. The van der Waals surface area contributed by atoms with Gasteiger partial charge in [0.1, 0.15) is 5.02 Å². The molecule has 0 bridgehead atoms. The topological polar surface area (TPSA) is 70.4 Å². The Hall–Kier alpha value is -1.11. The van der Waals surface area contributed by atoms with Crippen LogP contribution in [-0.4, -0.2) is 53.1 Å². The minimum atomic E-state index is -0.389. The van der Waals surface area contributed by atoms with Gasteiger partial charge >= 0.3 is 0 Å². The number of likely N-dealkylation sites (N-methyl/N-ethyl adjacent to an activating group) is 1. The second kappa shape index (κ2) is 7.35. The highest BCUT2D eigenvalue weighted by atomic mass is 35.5. The Kier molecular flexibility index (Phi) is 6.11. The van der Waals surface area contributed by atoms with Crippen molar-refractivity contribution in [2.24, 2.45) is 0 Å². The van der Waals surface area contributed by atoms with Crippen LogP contribution in [0.15, 0.2) is 11.0 Å². The van der Waals surface area contributed by atoms with E-state index in [4.69, 9.17) is 16.7 Å². The van der Waals surface area contributed by atoms with Crippen LogP contribution in [0.5, 0.6) is 0 Å². The first-order valence-corrected chi connectivity index (χ1v) is 6.26. The van der Waals surface area contributed by atoms with Crippen LogP contribution >= 0.6 is 11.6 Å². The molecule has 0 radical (unpaired) electrons. The highest BCUT2D eigenvalue weighted by molar-refractivity contribution is 6.32. The Morgan fingerprint density at radius 2 is 2.33 bits per heavy atom. The van der Waals surface area contributed by atoms with E-state index in [-0.39, 0.29) is 23.7 Å². The minimum absolute atomic E-state index is 0.109.